The Morgan fingerprint density at radius 2 is 2.11 bits per heavy atom. The number of nitrogens with zero attached hydrogens (tertiary/aromatic N) is 1. The second kappa shape index (κ2) is 4.64. The zero-order valence-electron chi connectivity index (χ0n) is 9.84. The van der Waals surface area contributed by atoms with E-state index in [2.05, 4.69) is 33.4 Å². The third kappa shape index (κ3) is 1.77. The van der Waals surface area contributed by atoms with Crippen molar-refractivity contribution in [2.45, 2.75) is 18.0 Å². The van der Waals surface area contributed by atoms with Crippen molar-refractivity contribution in [3.8, 4) is 0 Å². The van der Waals surface area contributed by atoms with Gasteiger partial charge in [0.05, 0.1) is 25.2 Å². The van der Waals surface area contributed by atoms with Gasteiger partial charge in [0.2, 0.25) is 5.91 Å². The van der Waals surface area contributed by atoms with Gasteiger partial charge in [0.15, 0.2) is 0 Å². The Labute approximate surface area is 114 Å². The third-order valence-corrected chi connectivity index (χ3v) is 4.43. The summed E-state index contributed by atoms with van der Waals surface area (Å²) in [7, 11) is 0. The second-order valence-electron chi connectivity index (χ2n) is 4.83. The minimum atomic E-state index is -0.0641. The first kappa shape index (κ1) is 12.1. The van der Waals surface area contributed by atoms with Gasteiger partial charge >= 0.3 is 0 Å². The van der Waals surface area contributed by atoms with Crippen LogP contribution in [0.25, 0.3) is 0 Å². The summed E-state index contributed by atoms with van der Waals surface area (Å²) in [4.78, 5) is 13.6. The highest BCUT2D eigenvalue weighted by Crippen LogP contribution is 2.41. The molecule has 0 bridgehead atoms. The van der Waals surface area contributed by atoms with Crippen LogP contribution >= 0.6 is 15.9 Å². The smallest absolute Gasteiger partial charge is 0.237 e. The fraction of sp³-hybridized carbons (Fsp3) is 0.462. The fourth-order valence-corrected chi connectivity index (χ4v) is 3.36. The molecule has 2 fully saturated rings. The maximum atomic E-state index is 11.8. The molecule has 2 saturated heterocycles. The molecule has 1 aromatic rings. The van der Waals surface area contributed by atoms with Gasteiger partial charge in [-0.15, -0.1) is 0 Å². The van der Waals surface area contributed by atoms with Crippen molar-refractivity contribution in [1.82, 2.24) is 10.2 Å². The quantitative estimate of drug-likeness (QED) is 0.846. The van der Waals surface area contributed by atoms with E-state index < -0.39 is 0 Å². The number of carbonyl (C=O) groups is 1. The number of benzene rings is 1. The van der Waals surface area contributed by atoms with Crippen molar-refractivity contribution in [3.63, 3.8) is 0 Å². The molecule has 0 unspecified atom stereocenters. The monoisotopic (exact) mass is 310 g/mol. The van der Waals surface area contributed by atoms with E-state index >= 15 is 0 Å². The van der Waals surface area contributed by atoms with Crippen LogP contribution in [-0.2, 0) is 4.79 Å². The van der Waals surface area contributed by atoms with E-state index in [1.807, 2.05) is 17.0 Å². The van der Waals surface area contributed by atoms with Crippen molar-refractivity contribution >= 4 is 21.8 Å². The zero-order chi connectivity index (χ0) is 12.7. The van der Waals surface area contributed by atoms with Gasteiger partial charge in [0.1, 0.15) is 0 Å². The molecular weight excluding hydrogens is 296 g/mol. The Bertz CT molecular complexity index is 457. The third-order valence-electron chi connectivity index (χ3n) is 3.90. The number of rotatable bonds is 2. The standard InChI is InChI=1S/C13H15BrN2O2/c14-9-3-1-8(2-4-9)13-10-5-15-6-12(18)16(10)11(13)7-17/h1-4,10-11,13,15,17H,5-7H2/t10-,11-,13+/m1/s1. The number of halogens is 1. The van der Waals surface area contributed by atoms with Gasteiger partial charge < -0.3 is 15.3 Å². The topological polar surface area (TPSA) is 52.6 Å². The number of piperazine rings is 1. The Morgan fingerprint density at radius 3 is 2.78 bits per heavy atom. The van der Waals surface area contributed by atoms with Crippen LogP contribution in [0.15, 0.2) is 28.7 Å². The molecule has 4 nitrogen and oxygen atoms in total. The number of aliphatic hydroxyl groups is 1. The predicted octanol–water partition coefficient (Wildman–Crippen LogP) is 0.708. The summed E-state index contributed by atoms with van der Waals surface area (Å²) in [5.74, 6) is 0.332. The molecule has 3 rings (SSSR count). The summed E-state index contributed by atoms with van der Waals surface area (Å²) in [5.41, 5.74) is 1.19. The highest BCUT2D eigenvalue weighted by Gasteiger charge is 2.52. The lowest BCUT2D eigenvalue weighted by Gasteiger charge is -2.57. The summed E-state index contributed by atoms with van der Waals surface area (Å²) in [6.45, 7) is 1.23. The number of fused-ring (bicyclic) bond motifs is 1. The largest absolute Gasteiger partial charge is 0.394 e. The van der Waals surface area contributed by atoms with Gasteiger partial charge in [0, 0.05) is 16.9 Å². The Morgan fingerprint density at radius 1 is 1.39 bits per heavy atom. The molecule has 0 aromatic heterocycles. The molecule has 2 N–H and O–H groups in total. The molecule has 96 valence electrons. The molecule has 5 heteroatoms. The first-order chi connectivity index (χ1) is 8.72. The van der Waals surface area contributed by atoms with Crippen molar-refractivity contribution in [2.24, 2.45) is 0 Å². The number of nitrogens with one attached hydrogen (secondary N) is 1. The van der Waals surface area contributed by atoms with Gasteiger partial charge in [-0.05, 0) is 17.7 Å². The normalized spacial score (nSPS) is 30.9. The number of amides is 1. The zero-order valence-corrected chi connectivity index (χ0v) is 11.4. The van der Waals surface area contributed by atoms with Crippen molar-refractivity contribution in [2.75, 3.05) is 19.7 Å². The first-order valence-electron chi connectivity index (χ1n) is 6.10. The average molecular weight is 311 g/mol. The Balaban J connectivity index is 1.88. The molecule has 2 heterocycles. The summed E-state index contributed by atoms with van der Waals surface area (Å²) in [6, 6.07) is 8.26. The number of hydrogen-bond donors (Lipinski definition) is 2. The van der Waals surface area contributed by atoms with Crippen LogP contribution in [0, 0.1) is 0 Å². The molecule has 2 aliphatic heterocycles. The summed E-state index contributed by atoms with van der Waals surface area (Å²) >= 11 is 3.42. The lowest BCUT2D eigenvalue weighted by molar-refractivity contribution is -0.153. The maximum Gasteiger partial charge on any atom is 0.237 e. The van der Waals surface area contributed by atoms with Crippen molar-refractivity contribution in [1.29, 1.82) is 0 Å². The molecular formula is C13H15BrN2O2. The molecule has 1 amide bonds. The van der Waals surface area contributed by atoms with E-state index in [9.17, 15) is 9.90 Å². The Kier molecular flexibility index (Phi) is 3.13. The van der Waals surface area contributed by atoms with E-state index in [1.165, 1.54) is 5.56 Å². The molecule has 1 aromatic carbocycles. The van der Waals surface area contributed by atoms with Gasteiger partial charge in [-0.25, -0.2) is 0 Å². The van der Waals surface area contributed by atoms with Crippen LogP contribution in [0.1, 0.15) is 11.5 Å². The molecule has 3 atom stereocenters. The summed E-state index contributed by atoms with van der Waals surface area (Å²) < 4.78 is 1.04. The van der Waals surface area contributed by atoms with E-state index in [1.54, 1.807) is 0 Å². The number of carbonyl (C=O) groups excluding carboxylic acids is 1. The van der Waals surface area contributed by atoms with E-state index in [0.717, 1.165) is 11.0 Å². The molecule has 0 aliphatic carbocycles. The molecule has 0 saturated carbocycles. The lowest BCUT2D eigenvalue weighted by atomic mass is 9.74. The SMILES string of the molecule is O=C1CNC[C@@H]2[C@H](c3ccc(Br)cc3)[C@@H](CO)N12. The van der Waals surface area contributed by atoms with Gasteiger partial charge in [-0.3, -0.25) is 4.79 Å². The molecule has 0 radical (unpaired) electrons. The van der Waals surface area contributed by atoms with Gasteiger partial charge in [-0.1, -0.05) is 28.1 Å². The summed E-state index contributed by atoms with van der Waals surface area (Å²) in [5, 5.41) is 12.6. The van der Waals surface area contributed by atoms with Crippen LogP contribution in [0.4, 0.5) is 0 Å². The maximum absolute atomic E-state index is 11.8. The van der Waals surface area contributed by atoms with Crippen LogP contribution < -0.4 is 5.32 Å². The summed E-state index contributed by atoms with van der Waals surface area (Å²) in [6.07, 6.45) is 0. The van der Waals surface area contributed by atoms with E-state index in [4.69, 9.17) is 0 Å². The number of hydrogen-bond acceptors (Lipinski definition) is 3. The van der Waals surface area contributed by atoms with Crippen LogP contribution in [0.2, 0.25) is 0 Å². The average Bonchev–Trinajstić information content (AvgIpc) is 2.34. The Hall–Kier alpha value is -0.910. The van der Waals surface area contributed by atoms with E-state index in [0.29, 0.717) is 6.54 Å². The lowest BCUT2D eigenvalue weighted by Crippen LogP contribution is -2.72. The molecule has 2 aliphatic rings. The highest BCUT2D eigenvalue weighted by molar-refractivity contribution is 9.10. The van der Waals surface area contributed by atoms with Gasteiger partial charge in [0.25, 0.3) is 0 Å². The molecule has 18 heavy (non-hydrogen) atoms. The van der Waals surface area contributed by atoms with Crippen LogP contribution in [-0.4, -0.2) is 47.7 Å². The number of aliphatic hydroxyl groups excluding tert-OH is 1. The molecule has 0 spiro atoms. The minimum absolute atomic E-state index is 0.0307. The van der Waals surface area contributed by atoms with Crippen molar-refractivity contribution in [3.05, 3.63) is 34.3 Å². The fourth-order valence-electron chi connectivity index (χ4n) is 3.09. The highest BCUT2D eigenvalue weighted by atomic mass is 79.9. The van der Waals surface area contributed by atoms with E-state index in [-0.39, 0.29) is 30.5 Å². The van der Waals surface area contributed by atoms with Crippen LogP contribution in [0.5, 0.6) is 0 Å². The minimum Gasteiger partial charge on any atom is -0.394 e. The first-order valence-corrected chi connectivity index (χ1v) is 6.90. The van der Waals surface area contributed by atoms with Crippen LogP contribution in [0.3, 0.4) is 0 Å². The second-order valence-corrected chi connectivity index (χ2v) is 5.74. The van der Waals surface area contributed by atoms with Crippen molar-refractivity contribution < 1.29 is 9.90 Å². The predicted molar refractivity (Wildman–Crippen MR) is 71.3 cm³/mol. The van der Waals surface area contributed by atoms with Gasteiger partial charge in [-0.2, -0.15) is 0 Å².